The summed E-state index contributed by atoms with van der Waals surface area (Å²) in [4.78, 5) is 10.8. The normalized spacial score (nSPS) is 19.5. The van der Waals surface area contributed by atoms with Gasteiger partial charge in [-0.3, -0.25) is 0 Å². The second kappa shape index (κ2) is 7.49. The maximum absolute atomic E-state index is 5.87. The summed E-state index contributed by atoms with van der Waals surface area (Å²) in [7, 11) is 3.65. The fraction of sp³-hybridized carbons (Fsp3) is 0.444. The molecule has 1 aliphatic carbocycles. The molecule has 0 amide bonds. The molecule has 1 heterocycles. The van der Waals surface area contributed by atoms with E-state index in [0.29, 0.717) is 18.6 Å². The quantitative estimate of drug-likeness (QED) is 0.840. The van der Waals surface area contributed by atoms with Crippen LogP contribution in [0.2, 0.25) is 0 Å². The molecule has 3 rings (SSSR count). The Hall–Kier alpha value is -2.34. The van der Waals surface area contributed by atoms with E-state index in [1.807, 2.05) is 31.3 Å². The van der Waals surface area contributed by atoms with Crippen LogP contribution < -0.4 is 20.1 Å². The summed E-state index contributed by atoms with van der Waals surface area (Å²) in [5.41, 5.74) is 6.95. The van der Waals surface area contributed by atoms with Crippen LogP contribution in [0.5, 0.6) is 11.5 Å². The molecule has 6 nitrogen and oxygen atoms in total. The number of rotatable bonds is 7. The van der Waals surface area contributed by atoms with Crippen molar-refractivity contribution in [1.82, 2.24) is 9.97 Å². The zero-order valence-corrected chi connectivity index (χ0v) is 14.2. The fourth-order valence-electron chi connectivity index (χ4n) is 2.80. The van der Waals surface area contributed by atoms with Crippen molar-refractivity contribution in [2.45, 2.75) is 24.8 Å². The predicted octanol–water partition coefficient (Wildman–Crippen LogP) is 2.21. The molecule has 0 atom stereocenters. The van der Waals surface area contributed by atoms with Crippen molar-refractivity contribution in [3.05, 3.63) is 42.4 Å². The first-order valence-electron chi connectivity index (χ1n) is 8.21. The Morgan fingerprint density at radius 3 is 2.75 bits per heavy atom. The second-order valence-corrected chi connectivity index (χ2v) is 6.18. The second-order valence-electron chi connectivity index (χ2n) is 6.18. The lowest BCUT2D eigenvalue weighted by atomic mass is 9.78. The van der Waals surface area contributed by atoms with Crippen molar-refractivity contribution < 1.29 is 9.47 Å². The van der Waals surface area contributed by atoms with Gasteiger partial charge in [-0.25, -0.2) is 9.97 Å². The van der Waals surface area contributed by atoms with Gasteiger partial charge in [-0.15, -0.1) is 0 Å². The number of likely N-dealkylation sites (N-methyl/N-ethyl adjacent to an activating group) is 1. The van der Waals surface area contributed by atoms with Crippen LogP contribution in [-0.2, 0) is 0 Å². The lowest BCUT2D eigenvalue weighted by molar-refractivity contribution is 0.322. The van der Waals surface area contributed by atoms with E-state index in [9.17, 15) is 0 Å². The van der Waals surface area contributed by atoms with Crippen LogP contribution in [0.15, 0.2) is 36.7 Å². The number of anilines is 1. The van der Waals surface area contributed by atoms with Gasteiger partial charge in [0.15, 0.2) is 0 Å². The van der Waals surface area contributed by atoms with Gasteiger partial charge in [-0.05, 0) is 25.0 Å². The summed E-state index contributed by atoms with van der Waals surface area (Å²) in [6.45, 7) is 1.30. The Balaban J connectivity index is 1.53. The highest BCUT2D eigenvalue weighted by atomic mass is 16.5. The lowest BCUT2D eigenvalue weighted by Crippen LogP contribution is -2.35. The van der Waals surface area contributed by atoms with Crippen LogP contribution in [0.3, 0.4) is 0 Å². The van der Waals surface area contributed by atoms with E-state index in [-0.39, 0.29) is 0 Å². The smallest absolute Gasteiger partial charge is 0.132 e. The highest BCUT2D eigenvalue weighted by Gasteiger charge is 2.28. The number of hydrogen-bond acceptors (Lipinski definition) is 6. The fourth-order valence-corrected chi connectivity index (χ4v) is 2.80. The number of aromatic nitrogens is 2. The summed E-state index contributed by atoms with van der Waals surface area (Å²) in [5.74, 6) is 2.98. The Labute approximate surface area is 142 Å². The molecule has 0 saturated heterocycles. The van der Waals surface area contributed by atoms with Gasteiger partial charge in [-0.2, -0.15) is 0 Å². The number of methoxy groups -OCH3 is 1. The van der Waals surface area contributed by atoms with E-state index < -0.39 is 0 Å². The minimum absolute atomic E-state index is 0.322. The highest BCUT2D eigenvalue weighted by Crippen LogP contribution is 2.35. The minimum Gasteiger partial charge on any atom is -0.497 e. The van der Waals surface area contributed by atoms with Crippen molar-refractivity contribution in [2.75, 3.05) is 32.2 Å². The van der Waals surface area contributed by atoms with Gasteiger partial charge in [0.1, 0.15) is 30.3 Å². The molecule has 2 N–H and O–H groups in total. The SMILES string of the molecule is COc1cccc(OCCN(C)c2cc(C3CC(N)C3)ncn2)c1. The Kier molecular flexibility index (Phi) is 5.15. The standard InChI is InChI=1S/C18H24N4O2/c1-22(6-7-24-16-5-3-4-15(10-16)23-2)18-11-17(20-12-21-18)13-8-14(19)9-13/h3-5,10-14H,6-9,19H2,1-2H3. The maximum atomic E-state index is 5.87. The summed E-state index contributed by atoms with van der Waals surface area (Å²) in [6.07, 6.45) is 3.66. The van der Waals surface area contributed by atoms with Gasteiger partial charge in [-0.1, -0.05) is 6.07 Å². The summed E-state index contributed by atoms with van der Waals surface area (Å²) < 4.78 is 11.0. The van der Waals surface area contributed by atoms with Crippen LogP contribution >= 0.6 is 0 Å². The molecular formula is C18H24N4O2. The third kappa shape index (κ3) is 3.94. The van der Waals surface area contributed by atoms with E-state index in [2.05, 4.69) is 20.9 Å². The molecule has 0 spiro atoms. The van der Waals surface area contributed by atoms with E-state index >= 15 is 0 Å². The molecule has 1 saturated carbocycles. The van der Waals surface area contributed by atoms with E-state index in [1.165, 1.54) is 0 Å². The zero-order valence-electron chi connectivity index (χ0n) is 14.2. The number of nitrogens with zero attached hydrogens (tertiary/aromatic N) is 3. The van der Waals surface area contributed by atoms with Gasteiger partial charge < -0.3 is 20.1 Å². The van der Waals surface area contributed by atoms with Gasteiger partial charge in [0.2, 0.25) is 0 Å². The average molecular weight is 328 g/mol. The third-order valence-electron chi connectivity index (χ3n) is 4.39. The first kappa shape index (κ1) is 16.5. The largest absolute Gasteiger partial charge is 0.497 e. The summed E-state index contributed by atoms with van der Waals surface area (Å²) in [5, 5.41) is 0. The van der Waals surface area contributed by atoms with Crippen molar-refractivity contribution >= 4 is 5.82 Å². The lowest BCUT2D eigenvalue weighted by Gasteiger charge is -2.32. The van der Waals surface area contributed by atoms with Gasteiger partial charge >= 0.3 is 0 Å². The van der Waals surface area contributed by atoms with Gasteiger partial charge in [0.05, 0.1) is 13.7 Å². The molecule has 0 unspecified atom stereocenters. The Morgan fingerprint density at radius 2 is 2.00 bits per heavy atom. The number of benzene rings is 1. The van der Waals surface area contributed by atoms with Crippen molar-refractivity contribution in [3.63, 3.8) is 0 Å². The van der Waals surface area contributed by atoms with Gasteiger partial charge in [0, 0.05) is 36.8 Å². The van der Waals surface area contributed by atoms with Crippen LogP contribution in [0.1, 0.15) is 24.5 Å². The van der Waals surface area contributed by atoms with Crippen molar-refractivity contribution in [1.29, 1.82) is 0 Å². The van der Waals surface area contributed by atoms with E-state index in [4.69, 9.17) is 15.2 Å². The third-order valence-corrected chi connectivity index (χ3v) is 4.39. The first-order valence-corrected chi connectivity index (χ1v) is 8.21. The van der Waals surface area contributed by atoms with Crippen molar-refractivity contribution in [3.8, 4) is 11.5 Å². The molecule has 128 valence electrons. The zero-order chi connectivity index (χ0) is 16.9. The molecule has 0 radical (unpaired) electrons. The molecule has 1 aromatic heterocycles. The number of nitrogens with two attached hydrogens (primary N) is 1. The topological polar surface area (TPSA) is 73.5 Å². The molecule has 24 heavy (non-hydrogen) atoms. The van der Waals surface area contributed by atoms with Crippen LogP contribution in [0.25, 0.3) is 0 Å². The highest BCUT2D eigenvalue weighted by molar-refractivity contribution is 5.39. The van der Waals surface area contributed by atoms with Crippen molar-refractivity contribution in [2.24, 2.45) is 5.73 Å². The molecule has 1 aliphatic rings. The monoisotopic (exact) mass is 328 g/mol. The molecule has 1 fully saturated rings. The first-order chi connectivity index (χ1) is 11.7. The van der Waals surface area contributed by atoms with Crippen LogP contribution in [0, 0.1) is 0 Å². The summed E-state index contributed by atoms with van der Waals surface area (Å²) in [6, 6.07) is 9.99. The molecule has 0 aliphatic heterocycles. The number of ether oxygens (including phenoxy) is 2. The Morgan fingerprint density at radius 1 is 1.21 bits per heavy atom. The Bertz CT molecular complexity index is 674. The van der Waals surface area contributed by atoms with Gasteiger partial charge in [0.25, 0.3) is 0 Å². The van der Waals surface area contributed by atoms with E-state index in [0.717, 1.165) is 42.4 Å². The summed E-state index contributed by atoms with van der Waals surface area (Å²) >= 11 is 0. The predicted molar refractivity (Wildman–Crippen MR) is 93.7 cm³/mol. The molecule has 0 bridgehead atoms. The van der Waals surface area contributed by atoms with E-state index in [1.54, 1.807) is 13.4 Å². The number of hydrogen-bond donors (Lipinski definition) is 1. The molecule has 6 heteroatoms. The molecule has 1 aromatic carbocycles. The molecular weight excluding hydrogens is 304 g/mol. The minimum atomic E-state index is 0.322. The van der Waals surface area contributed by atoms with Crippen LogP contribution in [0.4, 0.5) is 5.82 Å². The average Bonchev–Trinajstić information content (AvgIpc) is 2.59. The molecule has 2 aromatic rings. The van der Waals surface area contributed by atoms with Crippen LogP contribution in [-0.4, -0.2) is 43.3 Å². The maximum Gasteiger partial charge on any atom is 0.132 e.